The molecule has 1 heterocycles. The number of alkyl halides is 3. The van der Waals surface area contributed by atoms with E-state index in [0.717, 1.165) is 13.0 Å². The van der Waals surface area contributed by atoms with Gasteiger partial charge in [0.25, 0.3) is 0 Å². The second kappa shape index (κ2) is 6.81. The molecule has 2 unspecified atom stereocenters. The lowest BCUT2D eigenvalue weighted by Crippen LogP contribution is -2.27. The van der Waals surface area contributed by atoms with Crippen LogP contribution in [0.25, 0.3) is 0 Å². The second-order valence-corrected chi connectivity index (χ2v) is 6.12. The van der Waals surface area contributed by atoms with Crippen LogP contribution in [-0.4, -0.2) is 23.7 Å². The van der Waals surface area contributed by atoms with Crippen LogP contribution in [0.15, 0.2) is 10.6 Å². The molecule has 120 valence electrons. The van der Waals surface area contributed by atoms with Gasteiger partial charge in [0.2, 0.25) is 0 Å². The molecule has 3 nitrogen and oxygen atoms in total. The average Bonchev–Trinajstić information content (AvgIpc) is 2.86. The maximum absolute atomic E-state index is 12.8. The Morgan fingerprint density at radius 2 is 2.14 bits per heavy atom. The minimum atomic E-state index is -4.09. The van der Waals surface area contributed by atoms with Gasteiger partial charge in [-0.3, -0.25) is 0 Å². The van der Waals surface area contributed by atoms with Gasteiger partial charge in [0.15, 0.2) is 5.89 Å². The summed E-state index contributed by atoms with van der Waals surface area (Å²) >= 11 is 0. The highest BCUT2D eigenvalue weighted by atomic mass is 19.4. The topological polar surface area (TPSA) is 38.1 Å². The summed E-state index contributed by atoms with van der Waals surface area (Å²) in [5.41, 5.74) is 0. The van der Waals surface area contributed by atoms with Gasteiger partial charge in [0.05, 0.1) is 12.1 Å². The van der Waals surface area contributed by atoms with Crippen molar-refractivity contribution in [2.24, 2.45) is 5.92 Å². The van der Waals surface area contributed by atoms with Crippen LogP contribution in [0.5, 0.6) is 0 Å². The average molecular weight is 304 g/mol. The normalized spacial score (nSPS) is 23.7. The van der Waals surface area contributed by atoms with Gasteiger partial charge in [-0.2, -0.15) is 13.2 Å². The van der Waals surface area contributed by atoms with Crippen molar-refractivity contribution in [2.75, 3.05) is 6.54 Å². The molecule has 0 radical (unpaired) electrons. The molecule has 0 aliphatic heterocycles. The van der Waals surface area contributed by atoms with Crippen LogP contribution < -0.4 is 5.32 Å². The lowest BCUT2D eigenvalue weighted by Gasteiger charge is -2.29. The predicted molar refractivity (Wildman–Crippen MR) is 74.1 cm³/mol. The summed E-state index contributed by atoms with van der Waals surface area (Å²) in [4.78, 5) is 4.19. The van der Waals surface area contributed by atoms with E-state index in [0.29, 0.717) is 30.5 Å². The van der Waals surface area contributed by atoms with Crippen molar-refractivity contribution in [2.45, 2.75) is 64.1 Å². The maximum Gasteiger partial charge on any atom is 0.391 e. The quantitative estimate of drug-likeness (QED) is 0.891. The SMILES string of the molecule is CC(C)NCCc1ncc(C2CCCC(C(F)(F)F)C2)o1. The van der Waals surface area contributed by atoms with Crippen LogP contribution in [0.4, 0.5) is 13.2 Å². The molecule has 1 aromatic rings. The molecule has 0 spiro atoms. The molecule has 1 N–H and O–H groups in total. The molecule has 1 saturated carbocycles. The van der Waals surface area contributed by atoms with E-state index in [1.807, 2.05) is 0 Å². The first-order valence-electron chi connectivity index (χ1n) is 7.61. The molecule has 2 rings (SSSR count). The molecule has 0 bridgehead atoms. The molecule has 1 aromatic heterocycles. The highest BCUT2D eigenvalue weighted by Crippen LogP contribution is 2.43. The molecule has 0 amide bonds. The van der Waals surface area contributed by atoms with Gasteiger partial charge < -0.3 is 9.73 Å². The first-order valence-corrected chi connectivity index (χ1v) is 7.61. The zero-order valence-corrected chi connectivity index (χ0v) is 12.5. The number of rotatable bonds is 5. The Balaban J connectivity index is 1.91. The number of oxazole rings is 1. The van der Waals surface area contributed by atoms with Crippen LogP contribution in [0.2, 0.25) is 0 Å². The fourth-order valence-electron chi connectivity index (χ4n) is 2.84. The third-order valence-corrected chi connectivity index (χ3v) is 4.00. The fourth-order valence-corrected chi connectivity index (χ4v) is 2.84. The largest absolute Gasteiger partial charge is 0.445 e. The summed E-state index contributed by atoms with van der Waals surface area (Å²) in [6.45, 7) is 4.87. The maximum atomic E-state index is 12.8. The summed E-state index contributed by atoms with van der Waals surface area (Å²) in [5, 5.41) is 3.26. The van der Waals surface area contributed by atoms with Crippen molar-refractivity contribution in [3.63, 3.8) is 0 Å². The van der Waals surface area contributed by atoms with Crippen molar-refractivity contribution in [3.8, 4) is 0 Å². The number of hydrogen-bond donors (Lipinski definition) is 1. The fraction of sp³-hybridized carbons (Fsp3) is 0.800. The summed E-state index contributed by atoms with van der Waals surface area (Å²) in [5.74, 6) is -0.132. The van der Waals surface area contributed by atoms with Crippen LogP contribution in [-0.2, 0) is 6.42 Å². The minimum Gasteiger partial charge on any atom is -0.445 e. The van der Waals surface area contributed by atoms with Crippen molar-refractivity contribution >= 4 is 0 Å². The Morgan fingerprint density at radius 1 is 1.38 bits per heavy atom. The lowest BCUT2D eigenvalue weighted by molar-refractivity contribution is -0.183. The molecule has 6 heteroatoms. The van der Waals surface area contributed by atoms with E-state index in [4.69, 9.17) is 4.42 Å². The molecule has 1 aliphatic rings. The van der Waals surface area contributed by atoms with Crippen molar-refractivity contribution in [1.29, 1.82) is 0 Å². The lowest BCUT2D eigenvalue weighted by atomic mass is 9.80. The molecule has 0 saturated heterocycles. The Kier molecular flexibility index (Phi) is 5.30. The Bertz CT molecular complexity index is 442. The number of nitrogens with zero attached hydrogens (tertiary/aromatic N) is 1. The standard InChI is InChI=1S/C15H23F3N2O/c1-10(2)19-7-6-14-20-9-13(21-14)11-4-3-5-12(8-11)15(16,17)18/h9-12,19H,3-8H2,1-2H3. The van der Waals surface area contributed by atoms with E-state index in [-0.39, 0.29) is 18.8 Å². The number of aromatic nitrogens is 1. The van der Waals surface area contributed by atoms with Gasteiger partial charge in [0, 0.05) is 24.9 Å². The van der Waals surface area contributed by atoms with Crippen molar-refractivity contribution < 1.29 is 17.6 Å². The second-order valence-electron chi connectivity index (χ2n) is 6.12. The van der Waals surface area contributed by atoms with E-state index in [1.165, 1.54) is 0 Å². The van der Waals surface area contributed by atoms with Crippen LogP contribution in [0.3, 0.4) is 0 Å². The minimum absolute atomic E-state index is 0.127. The summed E-state index contributed by atoms with van der Waals surface area (Å²) in [6.07, 6.45) is -0.114. The molecule has 2 atom stereocenters. The zero-order chi connectivity index (χ0) is 15.5. The Morgan fingerprint density at radius 3 is 2.81 bits per heavy atom. The van der Waals surface area contributed by atoms with Gasteiger partial charge in [-0.05, 0) is 19.3 Å². The van der Waals surface area contributed by atoms with E-state index in [1.54, 1.807) is 6.20 Å². The molecule has 1 aliphatic carbocycles. The van der Waals surface area contributed by atoms with E-state index in [9.17, 15) is 13.2 Å². The molecular formula is C15H23F3N2O. The third kappa shape index (κ3) is 4.73. The summed E-state index contributed by atoms with van der Waals surface area (Å²) in [7, 11) is 0. The van der Waals surface area contributed by atoms with Crippen molar-refractivity contribution in [1.82, 2.24) is 10.3 Å². The monoisotopic (exact) mass is 304 g/mol. The number of hydrogen-bond acceptors (Lipinski definition) is 3. The molecular weight excluding hydrogens is 281 g/mol. The van der Waals surface area contributed by atoms with Crippen LogP contribution in [0.1, 0.15) is 57.1 Å². The first-order chi connectivity index (χ1) is 9.86. The van der Waals surface area contributed by atoms with Crippen LogP contribution >= 0.6 is 0 Å². The summed E-state index contributed by atoms with van der Waals surface area (Å²) in [6, 6.07) is 0.394. The first kappa shape index (κ1) is 16.3. The van der Waals surface area contributed by atoms with E-state index in [2.05, 4.69) is 24.1 Å². The van der Waals surface area contributed by atoms with Gasteiger partial charge in [-0.25, -0.2) is 4.98 Å². The smallest absolute Gasteiger partial charge is 0.391 e. The molecule has 1 fully saturated rings. The zero-order valence-electron chi connectivity index (χ0n) is 12.5. The van der Waals surface area contributed by atoms with Gasteiger partial charge in [0.1, 0.15) is 5.76 Å². The van der Waals surface area contributed by atoms with Gasteiger partial charge in [-0.1, -0.05) is 20.3 Å². The highest BCUT2D eigenvalue weighted by Gasteiger charge is 2.43. The predicted octanol–water partition coefficient (Wildman–Crippen LogP) is 4.05. The number of halogens is 3. The summed E-state index contributed by atoms with van der Waals surface area (Å²) < 4.78 is 44.1. The van der Waals surface area contributed by atoms with Crippen LogP contribution in [0, 0.1) is 5.92 Å². The Labute approximate surface area is 123 Å². The molecule has 0 aromatic carbocycles. The third-order valence-electron chi connectivity index (χ3n) is 4.00. The highest BCUT2D eigenvalue weighted by molar-refractivity contribution is 5.04. The van der Waals surface area contributed by atoms with Crippen molar-refractivity contribution in [3.05, 3.63) is 17.8 Å². The van der Waals surface area contributed by atoms with E-state index < -0.39 is 12.1 Å². The van der Waals surface area contributed by atoms with Gasteiger partial charge >= 0.3 is 6.18 Å². The van der Waals surface area contributed by atoms with E-state index >= 15 is 0 Å². The number of nitrogens with one attached hydrogen (secondary N) is 1. The van der Waals surface area contributed by atoms with Gasteiger partial charge in [-0.15, -0.1) is 0 Å². The Hall–Kier alpha value is -1.04. The molecule has 21 heavy (non-hydrogen) atoms.